The molecule has 126 valence electrons. The Hall–Kier alpha value is -1.82. The Kier molecular flexibility index (Phi) is 5.00. The molecule has 2 saturated heterocycles. The maximum Gasteiger partial charge on any atom is 0.322 e. The molecule has 23 heavy (non-hydrogen) atoms. The van der Waals surface area contributed by atoms with Crippen LogP contribution in [0.3, 0.4) is 0 Å². The molecule has 0 bridgehead atoms. The number of nitrogens with zero attached hydrogens (tertiary/aromatic N) is 1. The molecule has 5 nitrogen and oxygen atoms in total. The van der Waals surface area contributed by atoms with E-state index in [0.717, 1.165) is 32.3 Å². The van der Waals surface area contributed by atoms with Crippen LogP contribution < -0.4 is 10.1 Å². The minimum absolute atomic E-state index is 0.0984. The zero-order valence-corrected chi connectivity index (χ0v) is 13.4. The molecule has 1 N–H and O–H groups in total. The van der Waals surface area contributed by atoms with E-state index in [1.54, 1.807) is 17.0 Å². The van der Waals surface area contributed by atoms with Gasteiger partial charge in [0.15, 0.2) is 5.82 Å². The molecule has 0 radical (unpaired) electrons. The summed E-state index contributed by atoms with van der Waals surface area (Å²) in [4.78, 5) is 14.1. The van der Waals surface area contributed by atoms with Crippen LogP contribution in [0.15, 0.2) is 18.2 Å². The number of hydrogen-bond donors (Lipinski definition) is 1. The van der Waals surface area contributed by atoms with Gasteiger partial charge in [-0.25, -0.2) is 9.18 Å². The molecule has 0 spiro atoms. The van der Waals surface area contributed by atoms with E-state index in [0.29, 0.717) is 30.9 Å². The standard InChI is InChI=1S/C17H23FN2O3/c1-22-15-5-2-4-13(18)16(15)19-17(21)20-9-7-12(8-10-20)14-6-3-11-23-14/h2,4-5,12,14H,3,6-11H2,1H3,(H,19,21)/t14-/m1/s1. The van der Waals surface area contributed by atoms with Crippen LogP contribution >= 0.6 is 0 Å². The number of nitrogens with one attached hydrogen (secondary N) is 1. The van der Waals surface area contributed by atoms with Crippen LogP contribution in [0.25, 0.3) is 0 Å². The molecule has 2 fully saturated rings. The predicted octanol–water partition coefficient (Wildman–Crippen LogP) is 3.26. The van der Waals surface area contributed by atoms with Gasteiger partial charge in [-0.1, -0.05) is 6.07 Å². The van der Waals surface area contributed by atoms with Gasteiger partial charge < -0.3 is 19.7 Å². The molecule has 2 amide bonds. The van der Waals surface area contributed by atoms with Crippen molar-refractivity contribution in [3.63, 3.8) is 0 Å². The first-order chi connectivity index (χ1) is 11.2. The Morgan fingerprint density at radius 1 is 1.35 bits per heavy atom. The van der Waals surface area contributed by atoms with E-state index in [4.69, 9.17) is 9.47 Å². The number of carbonyl (C=O) groups is 1. The Labute approximate surface area is 135 Å². The van der Waals surface area contributed by atoms with Gasteiger partial charge in [0.25, 0.3) is 0 Å². The summed E-state index contributed by atoms with van der Waals surface area (Å²) in [5.41, 5.74) is 0.0984. The number of likely N-dealkylation sites (tertiary alicyclic amines) is 1. The average Bonchev–Trinajstić information content (AvgIpc) is 3.11. The average molecular weight is 322 g/mol. The van der Waals surface area contributed by atoms with Crippen LogP contribution in [0.2, 0.25) is 0 Å². The summed E-state index contributed by atoms with van der Waals surface area (Å²) in [6.45, 7) is 2.21. The third-order valence-electron chi connectivity index (χ3n) is 4.74. The van der Waals surface area contributed by atoms with Crippen molar-refractivity contribution in [1.82, 2.24) is 4.90 Å². The number of methoxy groups -OCH3 is 1. The number of piperidine rings is 1. The molecule has 0 saturated carbocycles. The number of anilines is 1. The Balaban J connectivity index is 1.57. The van der Waals surface area contributed by atoms with Crippen molar-refractivity contribution in [2.75, 3.05) is 32.1 Å². The highest BCUT2D eigenvalue weighted by molar-refractivity contribution is 5.91. The molecule has 6 heteroatoms. The molecule has 1 aromatic carbocycles. The lowest BCUT2D eigenvalue weighted by atomic mass is 9.90. The number of para-hydroxylation sites is 1. The number of urea groups is 1. The zero-order valence-electron chi connectivity index (χ0n) is 13.4. The van der Waals surface area contributed by atoms with Gasteiger partial charge in [-0.05, 0) is 43.7 Å². The first-order valence-corrected chi connectivity index (χ1v) is 8.19. The van der Waals surface area contributed by atoms with Gasteiger partial charge in [-0.3, -0.25) is 0 Å². The summed E-state index contributed by atoms with van der Waals surface area (Å²) in [7, 11) is 1.46. The van der Waals surface area contributed by atoms with Gasteiger partial charge >= 0.3 is 6.03 Å². The number of rotatable bonds is 3. The van der Waals surface area contributed by atoms with Crippen molar-refractivity contribution >= 4 is 11.7 Å². The fourth-order valence-corrected chi connectivity index (χ4v) is 3.43. The molecular formula is C17H23FN2O3. The lowest BCUT2D eigenvalue weighted by Crippen LogP contribution is -2.43. The van der Waals surface area contributed by atoms with E-state index >= 15 is 0 Å². The Morgan fingerprint density at radius 3 is 2.78 bits per heavy atom. The zero-order chi connectivity index (χ0) is 16.2. The maximum absolute atomic E-state index is 13.9. The van der Waals surface area contributed by atoms with E-state index in [-0.39, 0.29) is 11.7 Å². The first-order valence-electron chi connectivity index (χ1n) is 8.19. The molecular weight excluding hydrogens is 299 g/mol. The van der Waals surface area contributed by atoms with E-state index in [1.165, 1.54) is 13.2 Å². The second-order valence-electron chi connectivity index (χ2n) is 6.12. The maximum atomic E-state index is 13.9. The fraction of sp³-hybridized carbons (Fsp3) is 0.588. The third kappa shape index (κ3) is 3.58. The molecule has 2 heterocycles. The molecule has 1 aromatic rings. The number of amides is 2. The van der Waals surface area contributed by atoms with Crippen molar-refractivity contribution < 1.29 is 18.7 Å². The van der Waals surface area contributed by atoms with Crippen molar-refractivity contribution in [2.24, 2.45) is 5.92 Å². The van der Waals surface area contributed by atoms with E-state index in [2.05, 4.69) is 5.32 Å². The molecule has 2 aliphatic heterocycles. The highest BCUT2D eigenvalue weighted by Crippen LogP contribution is 2.30. The largest absolute Gasteiger partial charge is 0.494 e. The smallest absolute Gasteiger partial charge is 0.322 e. The Bertz CT molecular complexity index is 553. The van der Waals surface area contributed by atoms with Crippen LogP contribution in [0.5, 0.6) is 5.75 Å². The van der Waals surface area contributed by atoms with Gasteiger partial charge in [0.1, 0.15) is 11.4 Å². The minimum atomic E-state index is -0.494. The first kappa shape index (κ1) is 16.1. The molecule has 3 rings (SSSR count). The summed E-state index contributed by atoms with van der Waals surface area (Å²) >= 11 is 0. The van der Waals surface area contributed by atoms with Crippen LogP contribution in [-0.2, 0) is 4.74 Å². The topological polar surface area (TPSA) is 50.8 Å². The van der Waals surface area contributed by atoms with E-state index < -0.39 is 5.82 Å². The van der Waals surface area contributed by atoms with Crippen LogP contribution in [0.4, 0.5) is 14.9 Å². The van der Waals surface area contributed by atoms with Gasteiger partial charge in [0.2, 0.25) is 0 Å². The summed E-state index contributed by atoms with van der Waals surface area (Å²) in [6, 6.07) is 4.21. The predicted molar refractivity (Wildman–Crippen MR) is 85.2 cm³/mol. The van der Waals surface area contributed by atoms with Crippen LogP contribution in [0.1, 0.15) is 25.7 Å². The molecule has 0 aromatic heterocycles. The second kappa shape index (κ2) is 7.17. The summed E-state index contributed by atoms with van der Waals surface area (Å²) in [6.07, 6.45) is 4.49. The number of benzene rings is 1. The number of ether oxygens (including phenoxy) is 2. The summed E-state index contributed by atoms with van der Waals surface area (Å²) in [5, 5.41) is 2.64. The normalized spacial score (nSPS) is 22.2. The fourth-order valence-electron chi connectivity index (χ4n) is 3.43. The lowest BCUT2D eigenvalue weighted by Gasteiger charge is -2.34. The second-order valence-corrected chi connectivity index (χ2v) is 6.12. The summed E-state index contributed by atoms with van der Waals surface area (Å²) in [5.74, 6) is 0.365. The molecule has 0 aliphatic carbocycles. The van der Waals surface area contributed by atoms with Crippen molar-refractivity contribution in [2.45, 2.75) is 31.8 Å². The van der Waals surface area contributed by atoms with Crippen molar-refractivity contribution in [3.8, 4) is 5.75 Å². The number of carbonyl (C=O) groups excluding carboxylic acids is 1. The molecule has 1 atom stereocenters. The van der Waals surface area contributed by atoms with Gasteiger partial charge in [0, 0.05) is 19.7 Å². The minimum Gasteiger partial charge on any atom is -0.494 e. The van der Waals surface area contributed by atoms with E-state index in [9.17, 15) is 9.18 Å². The van der Waals surface area contributed by atoms with Gasteiger partial charge in [0.05, 0.1) is 13.2 Å². The quantitative estimate of drug-likeness (QED) is 0.929. The molecule has 0 unspecified atom stereocenters. The Morgan fingerprint density at radius 2 is 2.13 bits per heavy atom. The van der Waals surface area contributed by atoms with Gasteiger partial charge in [-0.15, -0.1) is 0 Å². The third-order valence-corrected chi connectivity index (χ3v) is 4.74. The van der Waals surface area contributed by atoms with Crippen molar-refractivity contribution in [3.05, 3.63) is 24.0 Å². The summed E-state index contributed by atoms with van der Waals surface area (Å²) < 4.78 is 24.8. The SMILES string of the molecule is COc1cccc(F)c1NC(=O)N1CCC([C@H]2CCCO2)CC1. The number of halogens is 1. The monoisotopic (exact) mass is 322 g/mol. The van der Waals surface area contributed by atoms with Crippen molar-refractivity contribution in [1.29, 1.82) is 0 Å². The van der Waals surface area contributed by atoms with Gasteiger partial charge in [-0.2, -0.15) is 0 Å². The van der Waals surface area contributed by atoms with E-state index in [1.807, 2.05) is 0 Å². The number of hydrogen-bond acceptors (Lipinski definition) is 3. The highest BCUT2D eigenvalue weighted by atomic mass is 19.1. The van der Waals surface area contributed by atoms with Crippen LogP contribution in [0, 0.1) is 11.7 Å². The van der Waals surface area contributed by atoms with Crippen LogP contribution in [-0.4, -0.2) is 43.8 Å². The lowest BCUT2D eigenvalue weighted by molar-refractivity contribution is 0.0382. The highest BCUT2D eigenvalue weighted by Gasteiger charge is 2.31. The molecule has 2 aliphatic rings.